The summed E-state index contributed by atoms with van der Waals surface area (Å²) in [5.41, 5.74) is 0. The molecule has 0 aromatic rings. The molecule has 0 spiro atoms. The minimum Gasteiger partial charge on any atom is -0.360 e. The summed E-state index contributed by atoms with van der Waals surface area (Å²) < 4.78 is 0. The lowest BCUT2D eigenvalue weighted by molar-refractivity contribution is 0.420. The molecule has 0 radical (unpaired) electrons. The molecule has 0 aromatic heterocycles. The van der Waals surface area contributed by atoms with Crippen molar-refractivity contribution in [1.82, 2.24) is 15.5 Å². The molecule has 0 aliphatic carbocycles. The third-order valence-corrected chi connectivity index (χ3v) is 2.86. The number of hydrogen-bond donors (Lipinski definition) is 2. The van der Waals surface area contributed by atoms with Crippen LogP contribution in [0.3, 0.4) is 0 Å². The highest BCUT2D eigenvalue weighted by Crippen LogP contribution is 2.07. The molecule has 4 heteroatoms. The van der Waals surface area contributed by atoms with Gasteiger partial charge in [0, 0.05) is 19.6 Å². The van der Waals surface area contributed by atoms with Gasteiger partial charge in [0.15, 0.2) is 6.29 Å². The quantitative estimate of drug-likeness (QED) is 0.741. The van der Waals surface area contributed by atoms with Gasteiger partial charge in [-0.1, -0.05) is 13.8 Å². The van der Waals surface area contributed by atoms with Gasteiger partial charge in [-0.15, -0.1) is 0 Å². The Morgan fingerprint density at radius 3 is 2.50 bits per heavy atom. The van der Waals surface area contributed by atoms with Gasteiger partial charge in [0.1, 0.15) is 5.84 Å². The highest BCUT2D eigenvalue weighted by Gasteiger charge is 2.26. The minimum atomic E-state index is 0.0907. The van der Waals surface area contributed by atoms with E-state index in [0.717, 1.165) is 19.6 Å². The monoisotopic (exact) mass is 226 g/mol. The van der Waals surface area contributed by atoms with Crippen LogP contribution in [0.5, 0.6) is 0 Å². The molecule has 1 aliphatic heterocycles. The van der Waals surface area contributed by atoms with Crippen molar-refractivity contribution < 1.29 is 0 Å². The van der Waals surface area contributed by atoms with E-state index < -0.39 is 0 Å². The van der Waals surface area contributed by atoms with Crippen molar-refractivity contribution >= 4 is 5.84 Å². The van der Waals surface area contributed by atoms with Crippen molar-refractivity contribution in [1.29, 1.82) is 0 Å². The smallest absolute Gasteiger partial charge is 0.156 e. The molecule has 0 saturated carbocycles. The van der Waals surface area contributed by atoms with Crippen LogP contribution in [-0.4, -0.2) is 42.7 Å². The third-order valence-electron chi connectivity index (χ3n) is 2.86. The lowest BCUT2D eigenvalue weighted by Crippen LogP contribution is -2.44. The SMILES string of the molecule is CCN(CC)C1=NC(NCC(C)C)NC1C. The van der Waals surface area contributed by atoms with Gasteiger partial charge in [-0.05, 0) is 26.7 Å². The number of nitrogens with zero attached hydrogens (tertiary/aromatic N) is 2. The number of likely N-dealkylation sites (N-methyl/N-ethyl adjacent to an activating group) is 1. The van der Waals surface area contributed by atoms with Crippen molar-refractivity contribution in [2.24, 2.45) is 10.9 Å². The molecular formula is C12H26N4. The first-order chi connectivity index (χ1) is 7.58. The zero-order chi connectivity index (χ0) is 12.1. The number of nitrogens with one attached hydrogen (secondary N) is 2. The van der Waals surface area contributed by atoms with Gasteiger partial charge in [-0.25, -0.2) is 4.99 Å². The van der Waals surface area contributed by atoms with Crippen molar-refractivity contribution in [3.05, 3.63) is 0 Å². The van der Waals surface area contributed by atoms with E-state index in [1.165, 1.54) is 5.84 Å². The van der Waals surface area contributed by atoms with Crippen LogP contribution in [0.4, 0.5) is 0 Å². The number of rotatable bonds is 5. The maximum atomic E-state index is 4.70. The van der Waals surface area contributed by atoms with Crippen LogP contribution >= 0.6 is 0 Å². The Hall–Kier alpha value is -0.610. The second-order valence-corrected chi connectivity index (χ2v) is 4.75. The molecule has 1 aliphatic rings. The second-order valence-electron chi connectivity index (χ2n) is 4.75. The Morgan fingerprint density at radius 1 is 1.38 bits per heavy atom. The van der Waals surface area contributed by atoms with Crippen molar-refractivity contribution in [3.8, 4) is 0 Å². The molecule has 16 heavy (non-hydrogen) atoms. The fourth-order valence-electron chi connectivity index (χ4n) is 1.95. The van der Waals surface area contributed by atoms with Crippen LogP contribution in [0.15, 0.2) is 4.99 Å². The molecule has 2 N–H and O–H groups in total. The van der Waals surface area contributed by atoms with Crippen molar-refractivity contribution in [3.63, 3.8) is 0 Å². The van der Waals surface area contributed by atoms with E-state index in [0.29, 0.717) is 12.0 Å². The molecule has 2 unspecified atom stereocenters. The topological polar surface area (TPSA) is 39.7 Å². The van der Waals surface area contributed by atoms with Crippen LogP contribution < -0.4 is 10.6 Å². The lowest BCUT2D eigenvalue weighted by Gasteiger charge is -2.23. The summed E-state index contributed by atoms with van der Waals surface area (Å²) in [5, 5.41) is 6.87. The average Bonchev–Trinajstić information content (AvgIpc) is 2.59. The molecule has 94 valence electrons. The Labute approximate surface area is 99.5 Å². The van der Waals surface area contributed by atoms with Crippen LogP contribution in [-0.2, 0) is 0 Å². The molecule has 0 saturated heterocycles. The van der Waals surface area contributed by atoms with Crippen LogP contribution in [0.1, 0.15) is 34.6 Å². The summed E-state index contributed by atoms with van der Waals surface area (Å²) in [6, 6.07) is 0.351. The highest BCUT2D eigenvalue weighted by molar-refractivity contribution is 5.88. The predicted molar refractivity (Wildman–Crippen MR) is 69.6 cm³/mol. The summed E-state index contributed by atoms with van der Waals surface area (Å²) >= 11 is 0. The second kappa shape index (κ2) is 6.21. The molecule has 2 atom stereocenters. The first-order valence-corrected chi connectivity index (χ1v) is 6.40. The standard InChI is InChI=1S/C12H26N4/c1-6-16(7-2)11-10(5)14-12(15-11)13-8-9(3)4/h9-10,12-14H,6-8H2,1-5H3. The Morgan fingerprint density at radius 2 is 2.00 bits per heavy atom. The van der Waals surface area contributed by atoms with E-state index in [9.17, 15) is 0 Å². The Balaban J connectivity index is 2.53. The van der Waals surface area contributed by atoms with Gasteiger partial charge >= 0.3 is 0 Å². The fourth-order valence-corrected chi connectivity index (χ4v) is 1.95. The lowest BCUT2D eigenvalue weighted by atomic mass is 10.2. The molecule has 1 rings (SSSR count). The zero-order valence-electron chi connectivity index (χ0n) is 11.2. The molecule has 0 amide bonds. The number of hydrogen-bond acceptors (Lipinski definition) is 4. The van der Waals surface area contributed by atoms with Crippen LogP contribution in [0.2, 0.25) is 0 Å². The van der Waals surface area contributed by atoms with E-state index in [4.69, 9.17) is 4.99 Å². The molecular weight excluding hydrogens is 200 g/mol. The van der Waals surface area contributed by atoms with Crippen LogP contribution in [0.25, 0.3) is 0 Å². The normalized spacial score (nSPS) is 25.0. The number of amidine groups is 1. The van der Waals surface area contributed by atoms with E-state index in [-0.39, 0.29) is 6.29 Å². The summed E-state index contributed by atoms with van der Waals surface area (Å²) in [4.78, 5) is 7.02. The van der Waals surface area contributed by atoms with Gasteiger partial charge < -0.3 is 4.90 Å². The predicted octanol–water partition coefficient (Wildman–Crippen LogP) is 1.25. The van der Waals surface area contributed by atoms with Gasteiger partial charge in [0.2, 0.25) is 0 Å². The first-order valence-electron chi connectivity index (χ1n) is 6.40. The molecule has 0 aromatic carbocycles. The minimum absolute atomic E-state index is 0.0907. The van der Waals surface area contributed by atoms with E-state index in [1.54, 1.807) is 0 Å². The molecule has 4 nitrogen and oxygen atoms in total. The van der Waals surface area contributed by atoms with Gasteiger partial charge in [0.05, 0.1) is 6.04 Å². The summed E-state index contributed by atoms with van der Waals surface area (Å²) in [6.07, 6.45) is 0.0907. The largest absolute Gasteiger partial charge is 0.360 e. The van der Waals surface area contributed by atoms with Gasteiger partial charge in [-0.3, -0.25) is 10.6 Å². The average molecular weight is 226 g/mol. The summed E-state index contributed by atoms with van der Waals surface area (Å²) in [7, 11) is 0. The van der Waals surface area contributed by atoms with Gasteiger partial charge in [0.25, 0.3) is 0 Å². The van der Waals surface area contributed by atoms with E-state index in [1.807, 2.05) is 0 Å². The van der Waals surface area contributed by atoms with E-state index >= 15 is 0 Å². The maximum absolute atomic E-state index is 4.70. The Bertz CT molecular complexity index is 233. The number of aliphatic imine (C=N–C) groups is 1. The van der Waals surface area contributed by atoms with Crippen LogP contribution in [0, 0.1) is 5.92 Å². The summed E-state index contributed by atoms with van der Waals surface area (Å²) in [6.45, 7) is 14.0. The fraction of sp³-hybridized carbons (Fsp3) is 0.917. The summed E-state index contributed by atoms with van der Waals surface area (Å²) in [5.74, 6) is 1.84. The van der Waals surface area contributed by atoms with Crippen molar-refractivity contribution in [2.45, 2.75) is 47.0 Å². The van der Waals surface area contributed by atoms with Crippen molar-refractivity contribution in [2.75, 3.05) is 19.6 Å². The van der Waals surface area contributed by atoms with Gasteiger partial charge in [-0.2, -0.15) is 0 Å². The zero-order valence-corrected chi connectivity index (χ0v) is 11.2. The molecule has 1 heterocycles. The maximum Gasteiger partial charge on any atom is 0.156 e. The highest BCUT2D eigenvalue weighted by atomic mass is 15.4. The molecule has 0 bridgehead atoms. The first kappa shape index (κ1) is 13.5. The van der Waals surface area contributed by atoms with E-state index in [2.05, 4.69) is 50.2 Å². The third kappa shape index (κ3) is 3.46. The Kier molecular flexibility index (Phi) is 5.22. The molecule has 0 fully saturated rings.